The summed E-state index contributed by atoms with van der Waals surface area (Å²) in [4.78, 5) is 28.6. The smallest absolute Gasteiger partial charge is 0.306 e. The number of hydrogen-bond acceptors (Lipinski definition) is 5. The highest BCUT2D eigenvalue weighted by Gasteiger charge is 2.27. The van der Waals surface area contributed by atoms with Crippen LogP contribution in [-0.2, 0) is 16.1 Å². The Morgan fingerprint density at radius 3 is 2.59 bits per heavy atom. The minimum absolute atomic E-state index is 0.0300. The molecule has 0 radical (unpaired) electrons. The molecule has 0 bridgehead atoms. The van der Waals surface area contributed by atoms with Crippen molar-refractivity contribution in [2.45, 2.75) is 25.9 Å². The van der Waals surface area contributed by atoms with Gasteiger partial charge in [-0.3, -0.25) is 19.7 Å². The van der Waals surface area contributed by atoms with Gasteiger partial charge in [-0.1, -0.05) is 24.3 Å². The van der Waals surface area contributed by atoms with Gasteiger partial charge in [0.2, 0.25) is 0 Å². The molecule has 1 atom stereocenters. The van der Waals surface area contributed by atoms with E-state index in [2.05, 4.69) is 15.2 Å². The molecule has 0 spiro atoms. The van der Waals surface area contributed by atoms with Crippen LogP contribution in [0.2, 0.25) is 0 Å². The lowest BCUT2D eigenvalue weighted by molar-refractivity contribution is -0.140. The van der Waals surface area contributed by atoms with Crippen LogP contribution < -0.4 is 10.3 Å². The molecule has 2 N–H and O–H groups in total. The molecule has 7 heteroatoms. The van der Waals surface area contributed by atoms with E-state index < -0.39 is 11.9 Å². The number of carbonyl (C=O) groups excluding carboxylic acids is 1. The Morgan fingerprint density at radius 2 is 1.93 bits per heavy atom. The Labute approximate surface area is 156 Å². The number of esters is 1. The van der Waals surface area contributed by atoms with Crippen LogP contribution in [0.25, 0.3) is 0 Å². The predicted molar refractivity (Wildman–Crippen MR) is 99.6 cm³/mol. The number of benzene rings is 1. The number of hydrogen-bond donors (Lipinski definition) is 2. The molecule has 7 nitrogen and oxygen atoms in total. The quantitative estimate of drug-likeness (QED) is 0.626. The fourth-order valence-electron chi connectivity index (χ4n) is 3.03. The van der Waals surface area contributed by atoms with Crippen LogP contribution in [0.3, 0.4) is 0 Å². The summed E-state index contributed by atoms with van der Waals surface area (Å²) in [6.45, 7) is 2.07. The van der Waals surface area contributed by atoms with Crippen molar-refractivity contribution in [2.75, 3.05) is 7.11 Å². The number of para-hydroxylation sites is 1. The van der Waals surface area contributed by atoms with E-state index in [1.165, 1.54) is 7.11 Å². The van der Waals surface area contributed by atoms with Gasteiger partial charge in [0, 0.05) is 28.9 Å². The first-order valence-corrected chi connectivity index (χ1v) is 8.55. The van der Waals surface area contributed by atoms with Crippen molar-refractivity contribution in [3.05, 3.63) is 81.5 Å². The zero-order valence-corrected chi connectivity index (χ0v) is 15.2. The van der Waals surface area contributed by atoms with Crippen LogP contribution in [0.1, 0.15) is 34.9 Å². The Morgan fingerprint density at radius 1 is 1.15 bits per heavy atom. The summed E-state index contributed by atoms with van der Waals surface area (Å²) in [5, 5.41) is 5.39. The van der Waals surface area contributed by atoms with Gasteiger partial charge in [0.05, 0.1) is 19.2 Å². The van der Waals surface area contributed by atoms with Crippen molar-refractivity contribution in [3.8, 4) is 5.75 Å². The largest absolute Gasteiger partial charge is 0.487 e. The van der Waals surface area contributed by atoms with E-state index in [9.17, 15) is 9.59 Å². The lowest BCUT2D eigenvalue weighted by Gasteiger charge is -2.19. The van der Waals surface area contributed by atoms with Crippen molar-refractivity contribution < 1.29 is 14.3 Å². The molecule has 0 aliphatic carbocycles. The molecule has 2 aromatic heterocycles. The van der Waals surface area contributed by atoms with Crippen molar-refractivity contribution >= 4 is 5.97 Å². The van der Waals surface area contributed by atoms with Gasteiger partial charge >= 0.3 is 5.97 Å². The van der Waals surface area contributed by atoms with Crippen LogP contribution >= 0.6 is 0 Å². The zero-order chi connectivity index (χ0) is 19.2. The molecule has 0 saturated heterocycles. The van der Waals surface area contributed by atoms with Gasteiger partial charge in [0.1, 0.15) is 12.4 Å². The number of nitrogens with one attached hydrogen (secondary N) is 2. The molecule has 27 heavy (non-hydrogen) atoms. The van der Waals surface area contributed by atoms with E-state index in [1.807, 2.05) is 42.5 Å². The summed E-state index contributed by atoms with van der Waals surface area (Å²) in [7, 11) is 1.33. The zero-order valence-electron chi connectivity index (χ0n) is 15.2. The van der Waals surface area contributed by atoms with Crippen LogP contribution in [0.4, 0.5) is 0 Å². The Hall–Kier alpha value is -3.35. The third-order valence-corrected chi connectivity index (χ3v) is 4.36. The minimum Gasteiger partial charge on any atom is -0.487 e. The number of carbonyl (C=O) groups is 1. The van der Waals surface area contributed by atoms with E-state index in [0.717, 1.165) is 11.3 Å². The van der Waals surface area contributed by atoms with Gasteiger partial charge < -0.3 is 14.6 Å². The number of nitrogens with zero attached hydrogens (tertiary/aromatic N) is 1. The van der Waals surface area contributed by atoms with E-state index in [4.69, 9.17) is 9.47 Å². The van der Waals surface area contributed by atoms with Crippen molar-refractivity contribution in [2.24, 2.45) is 0 Å². The van der Waals surface area contributed by atoms with E-state index in [-0.39, 0.29) is 18.6 Å². The average Bonchev–Trinajstić information content (AvgIpc) is 3.03. The lowest BCUT2D eigenvalue weighted by Crippen LogP contribution is -2.18. The summed E-state index contributed by atoms with van der Waals surface area (Å²) < 4.78 is 10.8. The summed E-state index contributed by atoms with van der Waals surface area (Å²) in [6.07, 6.45) is 1.73. The van der Waals surface area contributed by atoms with E-state index >= 15 is 0 Å². The first kappa shape index (κ1) is 18.4. The van der Waals surface area contributed by atoms with Crippen molar-refractivity contribution in [3.63, 3.8) is 0 Å². The van der Waals surface area contributed by atoms with Crippen LogP contribution in [0, 0.1) is 6.92 Å². The molecule has 140 valence electrons. The van der Waals surface area contributed by atoms with Gasteiger partial charge in [-0.25, -0.2) is 0 Å². The maximum Gasteiger partial charge on any atom is 0.306 e. The molecule has 0 unspecified atom stereocenters. The highest BCUT2D eigenvalue weighted by Crippen LogP contribution is 2.34. The first-order chi connectivity index (χ1) is 13.1. The highest BCUT2D eigenvalue weighted by molar-refractivity contribution is 5.71. The number of aromatic nitrogens is 3. The van der Waals surface area contributed by atoms with Gasteiger partial charge in [-0.15, -0.1) is 0 Å². The molecule has 0 amide bonds. The fraction of sp³-hybridized carbons (Fsp3) is 0.250. The summed E-state index contributed by atoms with van der Waals surface area (Å²) in [6, 6.07) is 13.0. The average molecular weight is 367 g/mol. The number of pyridine rings is 1. The van der Waals surface area contributed by atoms with Gasteiger partial charge in [0.25, 0.3) is 5.56 Å². The van der Waals surface area contributed by atoms with Gasteiger partial charge in [0.15, 0.2) is 0 Å². The molecule has 0 aliphatic heterocycles. The summed E-state index contributed by atoms with van der Waals surface area (Å²) in [5.41, 5.74) is 2.43. The number of aromatic amines is 2. The minimum atomic E-state index is -0.493. The number of rotatable bonds is 7. The standard InChI is InChI=1S/C20H21N3O4/c1-13-19(20(25)23-22-13)16(11-18(24)26-2)15-8-3-4-9-17(15)27-12-14-7-5-6-10-21-14/h3-10,16H,11-12H2,1-2H3,(H2,22,23,25)/t16-/m1/s1. The second-order valence-electron chi connectivity index (χ2n) is 6.10. The van der Waals surface area contributed by atoms with Crippen molar-refractivity contribution in [1.82, 2.24) is 15.2 Å². The lowest BCUT2D eigenvalue weighted by atomic mass is 9.88. The molecule has 3 rings (SSSR count). The summed E-state index contributed by atoms with van der Waals surface area (Å²) in [5.74, 6) is -0.302. The Bertz CT molecular complexity index is 963. The van der Waals surface area contributed by atoms with Crippen LogP contribution in [0.15, 0.2) is 53.5 Å². The second kappa shape index (κ2) is 8.35. The number of aryl methyl sites for hydroxylation is 1. The third-order valence-electron chi connectivity index (χ3n) is 4.36. The third kappa shape index (κ3) is 4.25. The molecule has 0 aliphatic rings. The van der Waals surface area contributed by atoms with Gasteiger partial charge in [-0.05, 0) is 25.1 Å². The van der Waals surface area contributed by atoms with E-state index in [1.54, 1.807) is 13.1 Å². The maximum atomic E-state index is 12.3. The highest BCUT2D eigenvalue weighted by atomic mass is 16.5. The Kier molecular flexibility index (Phi) is 5.71. The molecule has 2 heterocycles. The second-order valence-corrected chi connectivity index (χ2v) is 6.10. The number of ether oxygens (including phenoxy) is 2. The SMILES string of the molecule is COC(=O)C[C@H](c1ccccc1OCc1ccccn1)c1c(C)[nH][nH]c1=O. The Balaban J connectivity index is 1.97. The molecule has 3 aromatic rings. The topological polar surface area (TPSA) is 97.1 Å². The normalized spacial score (nSPS) is 11.8. The number of H-pyrrole nitrogens is 2. The van der Waals surface area contributed by atoms with Gasteiger partial charge in [-0.2, -0.15) is 0 Å². The first-order valence-electron chi connectivity index (χ1n) is 8.55. The fourth-order valence-corrected chi connectivity index (χ4v) is 3.03. The molecule has 1 aromatic carbocycles. The monoisotopic (exact) mass is 367 g/mol. The molecular formula is C20H21N3O4. The summed E-state index contributed by atoms with van der Waals surface area (Å²) >= 11 is 0. The molecular weight excluding hydrogens is 346 g/mol. The molecule has 0 saturated carbocycles. The van der Waals surface area contributed by atoms with Crippen LogP contribution in [0.5, 0.6) is 5.75 Å². The maximum absolute atomic E-state index is 12.3. The van der Waals surface area contributed by atoms with E-state index in [0.29, 0.717) is 17.0 Å². The number of methoxy groups -OCH3 is 1. The molecule has 0 fully saturated rings. The van der Waals surface area contributed by atoms with Crippen LogP contribution in [-0.4, -0.2) is 28.3 Å². The predicted octanol–water partition coefficient (Wildman–Crippen LogP) is 2.68. The van der Waals surface area contributed by atoms with Crippen molar-refractivity contribution in [1.29, 1.82) is 0 Å².